The average Bonchev–Trinajstić information content (AvgIpc) is 2.46. The number of benzene rings is 1. The molecule has 19 heavy (non-hydrogen) atoms. The highest BCUT2D eigenvalue weighted by Crippen LogP contribution is 2.15. The van der Waals surface area contributed by atoms with Gasteiger partial charge >= 0.3 is 0 Å². The number of amides is 1. The lowest BCUT2D eigenvalue weighted by Crippen LogP contribution is -2.43. The molecule has 0 aromatic heterocycles. The molecule has 2 rings (SSSR count). The van der Waals surface area contributed by atoms with Crippen LogP contribution >= 0.6 is 0 Å². The van der Waals surface area contributed by atoms with Crippen molar-refractivity contribution in [2.75, 3.05) is 37.6 Å². The van der Waals surface area contributed by atoms with Gasteiger partial charge in [-0.05, 0) is 30.2 Å². The summed E-state index contributed by atoms with van der Waals surface area (Å²) < 4.78 is 0. The minimum absolute atomic E-state index is 0.0144. The summed E-state index contributed by atoms with van der Waals surface area (Å²) in [6.45, 7) is 9.00. The second kappa shape index (κ2) is 6.57. The van der Waals surface area contributed by atoms with Crippen molar-refractivity contribution < 1.29 is 4.79 Å². The molecular formula is C15H23N3O. The predicted octanol–water partition coefficient (Wildman–Crippen LogP) is 1.48. The van der Waals surface area contributed by atoms with Gasteiger partial charge in [0.1, 0.15) is 0 Å². The van der Waals surface area contributed by atoms with Crippen LogP contribution in [-0.4, -0.2) is 38.6 Å². The van der Waals surface area contributed by atoms with E-state index < -0.39 is 0 Å². The Morgan fingerprint density at radius 1 is 1.26 bits per heavy atom. The number of nitrogens with one attached hydrogen (secondary N) is 2. The van der Waals surface area contributed by atoms with E-state index >= 15 is 0 Å². The monoisotopic (exact) mass is 261 g/mol. The number of hydrogen-bond donors (Lipinski definition) is 2. The van der Waals surface area contributed by atoms with Gasteiger partial charge in [0.05, 0.1) is 0 Å². The largest absolute Gasteiger partial charge is 0.369 e. The number of carbonyl (C=O) groups excluding carboxylic acids is 1. The lowest BCUT2D eigenvalue weighted by atomic mass is 10.1. The Kier molecular flexibility index (Phi) is 4.80. The van der Waals surface area contributed by atoms with E-state index in [9.17, 15) is 4.79 Å². The highest BCUT2D eigenvalue weighted by molar-refractivity contribution is 5.94. The maximum atomic E-state index is 11.9. The average molecular weight is 261 g/mol. The van der Waals surface area contributed by atoms with Gasteiger partial charge in [0, 0.05) is 44.0 Å². The van der Waals surface area contributed by atoms with Gasteiger partial charge in [0.2, 0.25) is 0 Å². The lowest BCUT2D eigenvalue weighted by molar-refractivity contribution is 0.0949. The van der Waals surface area contributed by atoms with E-state index in [1.54, 1.807) is 0 Å². The second-order valence-corrected chi connectivity index (χ2v) is 5.39. The smallest absolute Gasteiger partial charge is 0.251 e. The van der Waals surface area contributed by atoms with Crippen molar-refractivity contribution in [3.8, 4) is 0 Å². The molecule has 1 aromatic rings. The third-order valence-electron chi connectivity index (χ3n) is 3.28. The number of rotatable bonds is 4. The summed E-state index contributed by atoms with van der Waals surface area (Å²) in [4.78, 5) is 14.2. The lowest BCUT2D eigenvalue weighted by Gasteiger charge is -2.29. The van der Waals surface area contributed by atoms with Crippen molar-refractivity contribution in [3.63, 3.8) is 0 Å². The molecule has 0 aliphatic carbocycles. The molecule has 1 saturated heterocycles. The Labute approximate surface area is 115 Å². The van der Waals surface area contributed by atoms with Crippen molar-refractivity contribution in [2.24, 2.45) is 5.92 Å². The number of nitrogens with zero attached hydrogens (tertiary/aromatic N) is 1. The fourth-order valence-electron chi connectivity index (χ4n) is 2.15. The van der Waals surface area contributed by atoms with Crippen LogP contribution in [-0.2, 0) is 0 Å². The molecule has 2 N–H and O–H groups in total. The fraction of sp³-hybridized carbons (Fsp3) is 0.533. The number of piperazine rings is 1. The summed E-state index contributed by atoms with van der Waals surface area (Å²) in [6.07, 6.45) is 0. The zero-order valence-corrected chi connectivity index (χ0v) is 11.8. The normalized spacial score (nSPS) is 15.6. The first-order valence-electron chi connectivity index (χ1n) is 7.01. The molecule has 4 nitrogen and oxygen atoms in total. The molecule has 0 atom stereocenters. The van der Waals surface area contributed by atoms with Gasteiger partial charge < -0.3 is 15.5 Å². The Morgan fingerprint density at radius 3 is 2.47 bits per heavy atom. The van der Waals surface area contributed by atoms with Crippen molar-refractivity contribution >= 4 is 11.6 Å². The van der Waals surface area contributed by atoms with E-state index in [1.165, 1.54) is 5.69 Å². The maximum Gasteiger partial charge on any atom is 0.251 e. The van der Waals surface area contributed by atoms with Crippen molar-refractivity contribution in [3.05, 3.63) is 29.8 Å². The van der Waals surface area contributed by atoms with Crippen molar-refractivity contribution in [1.82, 2.24) is 10.6 Å². The molecule has 1 aromatic carbocycles. The van der Waals surface area contributed by atoms with Gasteiger partial charge in [-0.2, -0.15) is 0 Å². The Balaban J connectivity index is 1.95. The highest BCUT2D eigenvalue weighted by atomic mass is 16.1. The highest BCUT2D eigenvalue weighted by Gasteiger charge is 2.11. The summed E-state index contributed by atoms with van der Waals surface area (Å²) in [7, 11) is 0. The Bertz CT molecular complexity index is 408. The van der Waals surface area contributed by atoms with Gasteiger partial charge in [-0.15, -0.1) is 0 Å². The fourth-order valence-corrected chi connectivity index (χ4v) is 2.15. The van der Waals surface area contributed by atoms with E-state index in [0.717, 1.165) is 38.3 Å². The second-order valence-electron chi connectivity index (χ2n) is 5.39. The number of anilines is 1. The molecule has 1 heterocycles. The minimum atomic E-state index is 0.0144. The van der Waals surface area contributed by atoms with Gasteiger partial charge in [-0.1, -0.05) is 13.8 Å². The van der Waals surface area contributed by atoms with E-state index in [-0.39, 0.29) is 5.91 Å². The van der Waals surface area contributed by atoms with Crippen LogP contribution in [0.1, 0.15) is 24.2 Å². The zero-order chi connectivity index (χ0) is 13.7. The standard InChI is InChI=1S/C15H23N3O/c1-12(2)11-17-15(19)13-3-5-14(6-4-13)18-9-7-16-8-10-18/h3-6,12,16H,7-11H2,1-2H3,(H,17,19). The third-order valence-corrected chi connectivity index (χ3v) is 3.28. The van der Waals surface area contributed by atoms with Crippen LogP contribution in [0.15, 0.2) is 24.3 Å². The van der Waals surface area contributed by atoms with Crippen LogP contribution in [0.4, 0.5) is 5.69 Å². The molecule has 1 aliphatic heterocycles. The van der Waals surface area contributed by atoms with Crippen LogP contribution < -0.4 is 15.5 Å². The summed E-state index contributed by atoms with van der Waals surface area (Å²) >= 11 is 0. The van der Waals surface area contributed by atoms with Gasteiger partial charge in [-0.25, -0.2) is 0 Å². The van der Waals surface area contributed by atoms with E-state index in [4.69, 9.17) is 0 Å². The molecule has 104 valence electrons. The van der Waals surface area contributed by atoms with E-state index in [2.05, 4.69) is 29.4 Å². The first-order valence-corrected chi connectivity index (χ1v) is 7.01. The summed E-state index contributed by atoms with van der Waals surface area (Å²) in [6, 6.07) is 7.89. The minimum Gasteiger partial charge on any atom is -0.369 e. The third kappa shape index (κ3) is 3.96. The van der Waals surface area contributed by atoms with Crippen molar-refractivity contribution in [1.29, 1.82) is 0 Å². The van der Waals surface area contributed by atoms with E-state index in [0.29, 0.717) is 5.92 Å². The Morgan fingerprint density at radius 2 is 1.89 bits per heavy atom. The number of carbonyl (C=O) groups is 1. The predicted molar refractivity (Wildman–Crippen MR) is 78.7 cm³/mol. The quantitative estimate of drug-likeness (QED) is 0.863. The molecule has 1 aliphatic rings. The van der Waals surface area contributed by atoms with Crippen LogP contribution in [0.2, 0.25) is 0 Å². The van der Waals surface area contributed by atoms with Gasteiger partial charge in [-0.3, -0.25) is 4.79 Å². The first-order chi connectivity index (χ1) is 9.16. The summed E-state index contributed by atoms with van der Waals surface area (Å²) in [5.74, 6) is 0.490. The molecular weight excluding hydrogens is 238 g/mol. The topological polar surface area (TPSA) is 44.4 Å². The SMILES string of the molecule is CC(C)CNC(=O)c1ccc(N2CCNCC2)cc1. The molecule has 4 heteroatoms. The summed E-state index contributed by atoms with van der Waals surface area (Å²) in [5, 5.41) is 6.27. The number of hydrogen-bond acceptors (Lipinski definition) is 3. The van der Waals surface area contributed by atoms with Crippen LogP contribution in [0.5, 0.6) is 0 Å². The molecule has 0 unspecified atom stereocenters. The van der Waals surface area contributed by atoms with Crippen LogP contribution in [0.25, 0.3) is 0 Å². The molecule has 1 fully saturated rings. The first kappa shape index (κ1) is 13.9. The summed E-state index contributed by atoms with van der Waals surface area (Å²) in [5.41, 5.74) is 1.93. The van der Waals surface area contributed by atoms with Crippen LogP contribution in [0.3, 0.4) is 0 Å². The molecule has 0 bridgehead atoms. The van der Waals surface area contributed by atoms with Crippen LogP contribution in [0, 0.1) is 5.92 Å². The molecule has 1 amide bonds. The maximum absolute atomic E-state index is 11.9. The molecule has 0 spiro atoms. The molecule has 0 radical (unpaired) electrons. The van der Waals surface area contributed by atoms with Gasteiger partial charge in [0.15, 0.2) is 0 Å². The molecule has 0 saturated carbocycles. The zero-order valence-electron chi connectivity index (χ0n) is 11.8. The van der Waals surface area contributed by atoms with Crippen molar-refractivity contribution in [2.45, 2.75) is 13.8 Å². The van der Waals surface area contributed by atoms with E-state index in [1.807, 2.05) is 24.3 Å². The van der Waals surface area contributed by atoms with Gasteiger partial charge in [0.25, 0.3) is 5.91 Å². The Hall–Kier alpha value is -1.55.